The number of hydrogen-bond acceptors (Lipinski definition) is 2. The van der Waals surface area contributed by atoms with Crippen LogP contribution in [0.3, 0.4) is 0 Å². The normalized spacial score (nSPS) is 11.5. The van der Waals surface area contributed by atoms with E-state index in [1.807, 2.05) is 12.1 Å². The first-order valence-corrected chi connectivity index (χ1v) is 9.75. The van der Waals surface area contributed by atoms with E-state index < -0.39 is 0 Å². The number of nitriles is 1. The van der Waals surface area contributed by atoms with Gasteiger partial charge in [0.15, 0.2) is 6.20 Å². The lowest BCUT2D eigenvalue weighted by atomic mass is 9.92. The molecule has 4 rings (SSSR count). The van der Waals surface area contributed by atoms with Crippen LogP contribution in [-0.2, 0) is 13.5 Å². The first-order chi connectivity index (χ1) is 13.4. The van der Waals surface area contributed by atoms with Gasteiger partial charge in [-0.15, -0.1) is 0 Å². The van der Waals surface area contributed by atoms with Crippen molar-refractivity contribution < 1.29 is 8.98 Å². The lowest BCUT2D eigenvalue weighted by Crippen LogP contribution is -2.30. The number of pyridine rings is 1. The number of nitrogens with zero attached hydrogens (tertiary/aromatic N) is 2. The first kappa shape index (κ1) is 18.3. The molecule has 3 heteroatoms. The van der Waals surface area contributed by atoms with Crippen molar-refractivity contribution in [3.8, 4) is 17.3 Å². The van der Waals surface area contributed by atoms with Crippen LogP contribution >= 0.6 is 0 Å². The molecule has 28 heavy (non-hydrogen) atoms. The second-order valence-electron chi connectivity index (χ2n) is 8.05. The average Bonchev–Trinajstić information content (AvgIpc) is 3.03. The van der Waals surface area contributed by atoms with Crippen LogP contribution in [0.2, 0.25) is 0 Å². The van der Waals surface area contributed by atoms with E-state index in [4.69, 9.17) is 4.42 Å². The summed E-state index contributed by atoms with van der Waals surface area (Å²) in [4.78, 5) is 0. The standard InChI is InChI=1S/C25H25N2O/c1-15(2)12-20-17(4)24-21(13-18(20)14-26)19-10-9-16(3)23(25(19)28-24)22-8-6-7-11-27(22)5/h6-11,13,15H,12H2,1-5H3/q+1. The number of rotatable bonds is 3. The smallest absolute Gasteiger partial charge is 0.216 e. The molecule has 0 aliphatic carbocycles. The third-order valence-electron chi connectivity index (χ3n) is 5.56. The summed E-state index contributed by atoms with van der Waals surface area (Å²) in [5.41, 5.74) is 8.14. The van der Waals surface area contributed by atoms with Gasteiger partial charge in [-0.1, -0.05) is 26.0 Å². The third-order valence-corrected chi connectivity index (χ3v) is 5.56. The molecule has 0 saturated heterocycles. The summed E-state index contributed by atoms with van der Waals surface area (Å²) in [7, 11) is 2.05. The maximum Gasteiger partial charge on any atom is 0.216 e. The fourth-order valence-corrected chi connectivity index (χ4v) is 4.14. The van der Waals surface area contributed by atoms with Crippen LogP contribution < -0.4 is 4.57 Å². The highest BCUT2D eigenvalue weighted by molar-refractivity contribution is 6.11. The highest BCUT2D eigenvalue weighted by Gasteiger charge is 2.22. The molecule has 140 valence electrons. The van der Waals surface area contributed by atoms with Crippen molar-refractivity contribution in [3.63, 3.8) is 0 Å². The Morgan fingerprint density at radius 3 is 2.54 bits per heavy atom. The lowest BCUT2D eigenvalue weighted by molar-refractivity contribution is -0.660. The Morgan fingerprint density at radius 2 is 1.86 bits per heavy atom. The summed E-state index contributed by atoms with van der Waals surface area (Å²) in [6, 6.07) is 14.9. The van der Waals surface area contributed by atoms with Crippen LogP contribution in [0.15, 0.2) is 47.0 Å². The largest absolute Gasteiger partial charge is 0.455 e. The fraction of sp³-hybridized carbons (Fsp3) is 0.280. The van der Waals surface area contributed by atoms with Gasteiger partial charge in [0.1, 0.15) is 18.2 Å². The minimum atomic E-state index is 0.480. The lowest BCUT2D eigenvalue weighted by Gasteiger charge is -2.11. The van der Waals surface area contributed by atoms with Crippen LogP contribution in [-0.4, -0.2) is 0 Å². The molecule has 0 bridgehead atoms. The van der Waals surface area contributed by atoms with Crippen LogP contribution in [0.1, 0.15) is 36.1 Å². The van der Waals surface area contributed by atoms with Gasteiger partial charge in [0.05, 0.1) is 17.2 Å². The highest BCUT2D eigenvalue weighted by Crippen LogP contribution is 2.39. The fourth-order valence-electron chi connectivity index (χ4n) is 4.14. The molecule has 2 heterocycles. The van der Waals surface area contributed by atoms with Crippen molar-refractivity contribution in [3.05, 3.63) is 64.8 Å². The number of hydrogen-bond donors (Lipinski definition) is 0. The predicted octanol–water partition coefficient (Wildman–Crippen LogP) is 5.76. The van der Waals surface area contributed by atoms with Crippen molar-refractivity contribution in [1.82, 2.24) is 0 Å². The van der Waals surface area contributed by atoms with Crippen LogP contribution in [0.25, 0.3) is 33.2 Å². The summed E-state index contributed by atoms with van der Waals surface area (Å²) in [6.07, 6.45) is 2.93. The molecule has 0 spiro atoms. The zero-order valence-corrected chi connectivity index (χ0v) is 17.1. The molecule has 0 aliphatic rings. The minimum Gasteiger partial charge on any atom is -0.455 e. The number of aryl methyl sites for hydroxylation is 3. The predicted molar refractivity (Wildman–Crippen MR) is 113 cm³/mol. The van der Waals surface area contributed by atoms with Gasteiger partial charge in [0.25, 0.3) is 0 Å². The Bertz CT molecular complexity index is 1260. The molecule has 0 aliphatic heterocycles. The van der Waals surface area contributed by atoms with Crippen molar-refractivity contribution in [1.29, 1.82) is 5.26 Å². The van der Waals surface area contributed by atoms with Crippen LogP contribution in [0.4, 0.5) is 0 Å². The molecule has 0 saturated carbocycles. The van der Waals surface area contributed by atoms with E-state index in [9.17, 15) is 5.26 Å². The Kier molecular flexibility index (Phi) is 4.43. The van der Waals surface area contributed by atoms with E-state index in [1.165, 1.54) is 5.56 Å². The first-order valence-electron chi connectivity index (χ1n) is 9.75. The van der Waals surface area contributed by atoms with Gasteiger partial charge in [-0.25, -0.2) is 4.57 Å². The maximum atomic E-state index is 9.75. The monoisotopic (exact) mass is 369 g/mol. The van der Waals surface area contributed by atoms with E-state index in [-0.39, 0.29) is 0 Å². The number of fused-ring (bicyclic) bond motifs is 3. The Labute approximate surface area is 165 Å². The van der Waals surface area contributed by atoms with Crippen LogP contribution in [0, 0.1) is 31.1 Å². The molecule has 0 amide bonds. The number of benzene rings is 2. The molecule has 2 aromatic heterocycles. The van der Waals surface area contributed by atoms with E-state index in [1.54, 1.807) is 0 Å². The van der Waals surface area contributed by atoms with Gasteiger partial charge in [-0.05, 0) is 55.0 Å². The third kappa shape index (κ3) is 2.77. The van der Waals surface area contributed by atoms with Gasteiger partial charge < -0.3 is 4.42 Å². The van der Waals surface area contributed by atoms with Gasteiger partial charge in [0.2, 0.25) is 5.69 Å². The topological polar surface area (TPSA) is 40.8 Å². The van der Waals surface area contributed by atoms with E-state index >= 15 is 0 Å². The van der Waals surface area contributed by atoms with Crippen molar-refractivity contribution in [2.24, 2.45) is 13.0 Å². The molecular formula is C25H25N2O+. The highest BCUT2D eigenvalue weighted by atomic mass is 16.3. The Morgan fingerprint density at radius 1 is 1.07 bits per heavy atom. The molecule has 0 N–H and O–H groups in total. The SMILES string of the molecule is Cc1ccc2c(oc3c(C)c(CC(C)C)c(C#N)cc32)c1-c1cccc[n+]1C. The summed E-state index contributed by atoms with van der Waals surface area (Å²) in [5, 5.41) is 11.8. The van der Waals surface area contributed by atoms with Crippen LogP contribution in [0.5, 0.6) is 0 Å². The van der Waals surface area contributed by atoms with Crippen molar-refractivity contribution in [2.75, 3.05) is 0 Å². The van der Waals surface area contributed by atoms with Gasteiger partial charge >= 0.3 is 0 Å². The molecule has 0 unspecified atom stereocenters. The molecule has 0 radical (unpaired) electrons. The van der Waals surface area contributed by atoms with E-state index in [0.717, 1.165) is 56.3 Å². The number of furan rings is 1. The number of aromatic nitrogens is 1. The van der Waals surface area contributed by atoms with Gasteiger partial charge in [-0.2, -0.15) is 5.26 Å². The van der Waals surface area contributed by atoms with E-state index in [2.05, 4.69) is 75.8 Å². The zero-order valence-electron chi connectivity index (χ0n) is 17.1. The zero-order chi connectivity index (χ0) is 20.0. The Balaban J connectivity index is 2.12. The molecule has 0 atom stereocenters. The quantitative estimate of drug-likeness (QED) is 0.431. The second-order valence-corrected chi connectivity index (χ2v) is 8.05. The summed E-state index contributed by atoms with van der Waals surface area (Å²) < 4.78 is 8.62. The van der Waals surface area contributed by atoms with Gasteiger partial charge in [-0.3, -0.25) is 0 Å². The van der Waals surface area contributed by atoms with Gasteiger partial charge in [0, 0.05) is 22.9 Å². The second kappa shape index (κ2) is 6.80. The summed E-state index contributed by atoms with van der Waals surface area (Å²) >= 11 is 0. The average molecular weight is 369 g/mol. The summed E-state index contributed by atoms with van der Waals surface area (Å²) in [6.45, 7) is 8.56. The minimum absolute atomic E-state index is 0.480. The van der Waals surface area contributed by atoms with Crippen molar-refractivity contribution >= 4 is 21.9 Å². The van der Waals surface area contributed by atoms with Crippen molar-refractivity contribution in [2.45, 2.75) is 34.1 Å². The molecule has 3 nitrogen and oxygen atoms in total. The molecule has 4 aromatic rings. The molecular weight excluding hydrogens is 344 g/mol. The molecule has 2 aromatic carbocycles. The van der Waals surface area contributed by atoms with E-state index in [0.29, 0.717) is 5.92 Å². The summed E-state index contributed by atoms with van der Waals surface area (Å²) in [5.74, 6) is 0.480. The maximum absolute atomic E-state index is 9.75. The Hall–Kier alpha value is -3.12. The molecule has 0 fully saturated rings.